The zero-order chi connectivity index (χ0) is 5.98. The first-order valence-corrected chi connectivity index (χ1v) is 2.38. The van der Waals surface area contributed by atoms with E-state index in [0.29, 0.717) is 11.6 Å². The van der Waals surface area contributed by atoms with Gasteiger partial charge in [-0.2, -0.15) is 0 Å². The van der Waals surface area contributed by atoms with Crippen molar-refractivity contribution in [2.75, 3.05) is 6.54 Å². The lowest BCUT2D eigenvalue weighted by Crippen LogP contribution is -2.32. The first-order chi connectivity index (χ1) is 3.80. The Bertz CT molecular complexity index is 104. The third kappa shape index (κ3) is 0.975. The van der Waals surface area contributed by atoms with Gasteiger partial charge in [0.15, 0.2) is 0 Å². The summed E-state index contributed by atoms with van der Waals surface area (Å²) in [5, 5.41) is 21.2. The predicted octanol–water partition coefficient (Wildman–Crippen LogP) is 0.418. The van der Waals surface area contributed by atoms with Crippen molar-refractivity contribution in [1.29, 1.82) is 0 Å². The molecular weight excluding hydrogens is 108 g/mol. The molecule has 0 fully saturated rings. The highest BCUT2D eigenvalue weighted by Gasteiger charge is 1.92. The first-order valence-electron chi connectivity index (χ1n) is 2.38. The van der Waals surface area contributed by atoms with E-state index in [9.17, 15) is 10.4 Å². The van der Waals surface area contributed by atoms with E-state index in [4.69, 9.17) is 0 Å². The topological polar surface area (TPSA) is 52.6 Å². The number of nitrogens with zero attached hydrogens (tertiary/aromatic N) is 2. The largest absolute Gasteiger partial charge is 0.768 e. The summed E-state index contributed by atoms with van der Waals surface area (Å²) < 4.78 is 0. The molecule has 0 aromatic rings. The van der Waals surface area contributed by atoms with Crippen LogP contribution in [-0.4, -0.2) is 16.9 Å². The van der Waals surface area contributed by atoms with E-state index in [-0.39, 0.29) is 11.7 Å². The van der Waals surface area contributed by atoms with Gasteiger partial charge >= 0.3 is 0 Å². The van der Waals surface area contributed by atoms with Crippen molar-refractivity contribution in [3.05, 3.63) is 22.7 Å². The normalized spacial score (nSPS) is 22.0. The van der Waals surface area contributed by atoms with Gasteiger partial charge in [-0.25, -0.2) is 0 Å². The van der Waals surface area contributed by atoms with Crippen LogP contribution in [0, 0.1) is 10.4 Å². The molecule has 8 heavy (non-hydrogen) atoms. The maximum atomic E-state index is 10.3. The second-order valence-corrected chi connectivity index (χ2v) is 1.55. The van der Waals surface area contributed by atoms with Gasteiger partial charge in [0.1, 0.15) is 0 Å². The molecule has 1 aliphatic heterocycles. The number of hydroxylamine groups is 2. The van der Waals surface area contributed by atoms with Crippen molar-refractivity contribution < 1.29 is 0 Å². The van der Waals surface area contributed by atoms with Gasteiger partial charge in [-0.05, 0) is 12.6 Å². The molecule has 0 spiro atoms. The highest BCUT2D eigenvalue weighted by molar-refractivity contribution is 4.87. The number of hydrazine groups is 1. The Labute approximate surface area is 47.1 Å². The smallest absolute Gasteiger partial charge is 0.00721 e. The quantitative estimate of drug-likeness (QED) is 0.458. The maximum absolute atomic E-state index is 10.3. The highest BCUT2D eigenvalue weighted by Crippen LogP contribution is 2.02. The molecule has 4 heteroatoms. The minimum absolute atomic E-state index is 0.278. The van der Waals surface area contributed by atoms with Gasteiger partial charge < -0.3 is 20.8 Å². The van der Waals surface area contributed by atoms with Gasteiger partial charge in [0.25, 0.3) is 0 Å². The molecule has 1 rings (SSSR count). The van der Waals surface area contributed by atoms with Crippen LogP contribution in [0.3, 0.4) is 0 Å². The van der Waals surface area contributed by atoms with E-state index in [1.807, 2.05) is 0 Å². The van der Waals surface area contributed by atoms with Crippen molar-refractivity contribution in [2.24, 2.45) is 0 Å². The van der Waals surface area contributed by atoms with Crippen LogP contribution in [0.5, 0.6) is 0 Å². The Morgan fingerprint density at radius 2 is 2.12 bits per heavy atom. The highest BCUT2D eigenvalue weighted by atomic mass is 16.7. The third-order valence-electron chi connectivity index (χ3n) is 0.940. The van der Waals surface area contributed by atoms with E-state index in [1.165, 1.54) is 6.20 Å². The molecule has 0 bridgehead atoms. The van der Waals surface area contributed by atoms with E-state index in [0.717, 1.165) is 0 Å². The zero-order valence-corrected chi connectivity index (χ0v) is 4.28. The molecule has 0 aromatic carbocycles. The predicted molar refractivity (Wildman–Crippen MR) is 29.0 cm³/mol. The van der Waals surface area contributed by atoms with E-state index in [2.05, 4.69) is 0 Å². The summed E-state index contributed by atoms with van der Waals surface area (Å²) in [4.78, 5) is 0. The average Bonchev–Trinajstić information content (AvgIpc) is 1.77. The van der Waals surface area contributed by atoms with Gasteiger partial charge in [-0.1, -0.05) is 6.08 Å². The van der Waals surface area contributed by atoms with Crippen LogP contribution in [0.2, 0.25) is 0 Å². The molecule has 0 atom stereocenters. The molecule has 46 valence electrons. The second-order valence-electron chi connectivity index (χ2n) is 1.55. The molecule has 0 saturated heterocycles. The molecular formula is C4H6N2O2-2. The van der Waals surface area contributed by atoms with Crippen molar-refractivity contribution >= 4 is 0 Å². The lowest BCUT2D eigenvalue weighted by molar-refractivity contribution is 0.126. The summed E-state index contributed by atoms with van der Waals surface area (Å²) in [6.45, 7) is 0.278. The van der Waals surface area contributed by atoms with Gasteiger partial charge in [0.05, 0.1) is 0 Å². The number of hydrogen-bond donors (Lipinski definition) is 0. The van der Waals surface area contributed by atoms with Gasteiger partial charge in [-0.15, -0.1) is 0 Å². The van der Waals surface area contributed by atoms with Crippen molar-refractivity contribution in [3.63, 3.8) is 0 Å². The van der Waals surface area contributed by atoms with Gasteiger partial charge in [-0.3, -0.25) is 0 Å². The molecule has 0 radical (unpaired) electrons. The molecule has 0 N–H and O–H groups in total. The van der Waals surface area contributed by atoms with E-state index in [1.54, 1.807) is 6.08 Å². The fraction of sp³-hybridized carbons (Fsp3) is 0.500. The summed E-state index contributed by atoms with van der Waals surface area (Å²) in [7, 11) is 0. The van der Waals surface area contributed by atoms with E-state index >= 15 is 0 Å². The van der Waals surface area contributed by atoms with Crippen LogP contribution in [0.4, 0.5) is 0 Å². The van der Waals surface area contributed by atoms with Crippen LogP contribution in [0.25, 0.3) is 0 Å². The summed E-state index contributed by atoms with van der Waals surface area (Å²) in [6.07, 6.45) is 3.56. The van der Waals surface area contributed by atoms with Crippen LogP contribution >= 0.6 is 0 Å². The van der Waals surface area contributed by atoms with Crippen LogP contribution in [0.1, 0.15) is 6.42 Å². The standard InChI is InChI=1S/C4H6N2O2/c7-5-3-1-2-4-6(5)8/h1,3H,2,4H2/q-2. The average molecular weight is 114 g/mol. The Hall–Kier alpha value is -0.580. The summed E-state index contributed by atoms with van der Waals surface area (Å²) >= 11 is 0. The molecule has 0 unspecified atom stereocenters. The monoisotopic (exact) mass is 114 g/mol. The Kier molecular flexibility index (Phi) is 1.48. The minimum Gasteiger partial charge on any atom is -0.768 e. The number of hydrogen-bond acceptors (Lipinski definition) is 4. The Balaban J connectivity index is 2.47. The molecule has 0 amide bonds. The minimum atomic E-state index is 0.278. The lowest BCUT2D eigenvalue weighted by Gasteiger charge is -2.46. The molecule has 1 aliphatic rings. The fourth-order valence-electron chi connectivity index (χ4n) is 0.523. The van der Waals surface area contributed by atoms with Gasteiger partial charge in [0, 0.05) is 6.54 Å². The first kappa shape index (κ1) is 5.55. The lowest BCUT2D eigenvalue weighted by atomic mass is 10.4. The molecule has 0 aliphatic carbocycles. The zero-order valence-electron chi connectivity index (χ0n) is 4.28. The maximum Gasteiger partial charge on any atom is 0.00721 e. The second kappa shape index (κ2) is 2.13. The van der Waals surface area contributed by atoms with Crippen molar-refractivity contribution in [3.8, 4) is 0 Å². The molecule has 0 saturated carbocycles. The molecule has 1 heterocycles. The van der Waals surface area contributed by atoms with Crippen molar-refractivity contribution in [1.82, 2.24) is 10.3 Å². The number of rotatable bonds is 0. The van der Waals surface area contributed by atoms with Crippen LogP contribution < -0.4 is 0 Å². The fourth-order valence-corrected chi connectivity index (χ4v) is 0.523. The SMILES string of the molecule is [O-]N1C=CCCN1[O-]. The molecule has 0 aromatic heterocycles. The van der Waals surface area contributed by atoms with Gasteiger partial charge in [0.2, 0.25) is 0 Å². The summed E-state index contributed by atoms with van der Waals surface area (Å²) in [6, 6.07) is 0. The Morgan fingerprint density at radius 1 is 1.38 bits per heavy atom. The van der Waals surface area contributed by atoms with Crippen LogP contribution in [-0.2, 0) is 0 Å². The van der Waals surface area contributed by atoms with E-state index < -0.39 is 0 Å². The summed E-state index contributed by atoms with van der Waals surface area (Å²) in [5.41, 5.74) is 0. The Morgan fingerprint density at radius 3 is 2.50 bits per heavy atom. The third-order valence-corrected chi connectivity index (χ3v) is 0.940. The van der Waals surface area contributed by atoms with Crippen LogP contribution in [0.15, 0.2) is 12.3 Å². The summed E-state index contributed by atoms with van der Waals surface area (Å²) in [5.74, 6) is 0. The molecule has 4 nitrogen and oxygen atoms in total. The van der Waals surface area contributed by atoms with Crippen molar-refractivity contribution in [2.45, 2.75) is 6.42 Å².